The normalized spacial score (nSPS) is 23.6. The molecule has 4 rings (SSSR count). The van der Waals surface area contributed by atoms with E-state index in [4.69, 9.17) is 0 Å². The van der Waals surface area contributed by atoms with Gasteiger partial charge in [0.1, 0.15) is 0 Å². The topological polar surface area (TPSA) is 74.4 Å². The van der Waals surface area contributed by atoms with Gasteiger partial charge >= 0.3 is 0 Å². The number of hydrogen-bond acceptors (Lipinski definition) is 4. The van der Waals surface area contributed by atoms with E-state index in [1.165, 1.54) is 22.2 Å². The summed E-state index contributed by atoms with van der Waals surface area (Å²) >= 11 is 0. The van der Waals surface area contributed by atoms with Crippen LogP contribution in [0.2, 0.25) is 0 Å². The molecule has 1 aliphatic carbocycles. The van der Waals surface area contributed by atoms with Gasteiger partial charge in [0.2, 0.25) is 5.91 Å². The van der Waals surface area contributed by atoms with Gasteiger partial charge in [-0.15, -0.1) is 0 Å². The SMILES string of the molecule is CC(C)CC1c2[nH]c3ccccc3c2CCN1C(=O)C1CCC(CN([O-])CNC(C)(C)C)CC1. The van der Waals surface area contributed by atoms with Crippen LogP contribution in [-0.2, 0) is 11.2 Å². The van der Waals surface area contributed by atoms with Gasteiger partial charge in [-0.05, 0) is 89.3 Å². The molecule has 1 aliphatic heterocycles. The van der Waals surface area contributed by atoms with Crippen molar-refractivity contribution in [3.05, 3.63) is 40.7 Å². The summed E-state index contributed by atoms with van der Waals surface area (Å²) in [6.07, 6.45) is 5.62. The van der Waals surface area contributed by atoms with Crippen molar-refractivity contribution in [3.8, 4) is 0 Å². The lowest BCUT2D eigenvalue weighted by atomic mass is 9.80. The number of carbonyl (C=O) groups excluding carboxylic acids is 1. The van der Waals surface area contributed by atoms with E-state index in [0.717, 1.165) is 50.1 Å². The van der Waals surface area contributed by atoms with Gasteiger partial charge in [-0.1, -0.05) is 32.0 Å². The van der Waals surface area contributed by atoms with Crippen molar-refractivity contribution < 1.29 is 4.79 Å². The second-order valence-corrected chi connectivity index (χ2v) is 12.0. The van der Waals surface area contributed by atoms with Crippen molar-refractivity contribution in [2.24, 2.45) is 17.8 Å². The Morgan fingerprint density at radius 3 is 2.59 bits per heavy atom. The molecular weight excluding hydrogens is 424 g/mol. The van der Waals surface area contributed by atoms with Gasteiger partial charge in [0.25, 0.3) is 0 Å². The highest BCUT2D eigenvalue weighted by atomic mass is 16.5. The first kappa shape index (κ1) is 25.2. The second-order valence-electron chi connectivity index (χ2n) is 12.0. The maximum atomic E-state index is 13.7. The number of nitrogens with zero attached hydrogens (tertiary/aromatic N) is 2. The molecule has 6 heteroatoms. The molecule has 2 N–H and O–H groups in total. The molecule has 1 fully saturated rings. The molecule has 1 amide bonds. The number of carbonyl (C=O) groups is 1. The lowest BCUT2D eigenvalue weighted by molar-refractivity contribution is -0.140. The molecule has 6 nitrogen and oxygen atoms in total. The number of nitrogens with one attached hydrogen (secondary N) is 2. The van der Waals surface area contributed by atoms with Gasteiger partial charge in [0.05, 0.1) is 6.04 Å². The number of aromatic nitrogens is 1. The lowest BCUT2D eigenvalue weighted by Crippen LogP contribution is -2.45. The summed E-state index contributed by atoms with van der Waals surface area (Å²) in [7, 11) is 0. The maximum Gasteiger partial charge on any atom is 0.226 e. The average Bonchev–Trinajstić information content (AvgIpc) is 3.17. The van der Waals surface area contributed by atoms with Gasteiger partial charge in [0, 0.05) is 41.3 Å². The third kappa shape index (κ3) is 5.84. The Morgan fingerprint density at radius 2 is 1.91 bits per heavy atom. The smallest absolute Gasteiger partial charge is 0.226 e. The molecule has 1 aromatic heterocycles. The molecule has 2 aliphatic rings. The molecule has 1 aromatic carbocycles. The molecule has 1 unspecified atom stereocenters. The summed E-state index contributed by atoms with van der Waals surface area (Å²) in [5, 5.41) is 18.1. The molecule has 188 valence electrons. The molecule has 34 heavy (non-hydrogen) atoms. The van der Waals surface area contributed by atoms with Crippen LogP contribution in [0.5, 0.6) is 0 Å². The van der Waals surface area contributed by atoms with E-state index in [0.29, 0.717) is 31.0 Å². The Hall–Kier alpha value is -1.89. The van der Waals surface area contributed by atoms with Crippen LogP contribution in [0.3, 0.4) is 0 Å². The number of amides is 1. The highest BCUT2D eigenvalue weighted by molar-refractivity contribution is 5.86. The molecule has 1 saturated carbocycles. The number of benzene rings is 1. The van der Waals surface area contributed by atoms with E-state index in [9.17, 15) is 10.0 Å². The Balaban J connectivity index is 1.39. The molecule has 0 saturated heterocycles. The number of para-hydroxylation sites is 1. The number of aromatic amines is 1. The largest absolute Gasteiger partial charge is 0.784 e. The van der Waals surface area contributed by atoms with Gasteiger partial charge in [0.15, 0.2) is 0 Å². The van der Waals surface area contributed by atoms with Gasteiger partial charge < -0.3 is 25.5 Å². The molecular formula is C28H43N4O2-. The zero-order valence-corrected chi connectivity index (χ0v) is 21.7. The fourth-order valence-corrected chi connectivity index (χ4v) is 5.78. The molecule has 2 heterocycles. The summed E-state index contributed by atoms with van der Waals surface area (Å²) < 4.78 is 0. The molecule has 1 atom stereocenters. The standard InChI is InChI=1S/C28H43N4O2/c1-19(2)16-25-26-23(22-8-6-7-9-24(22)30-26)14-15-32(25)27(33)21-12-10-20(11-13-21)17-31(34)18-29-28(3,4)5/h6-9,19-21,25,29-30H,10-18H2,1-5H3/q-1. The van der Waals surface area contributed by atoms with E-state index in [1.807, 2.05) is 0 Å². The molecule has 0 spiro atoms. The van der Waals surface area contributed by atoms with Crippen LogP contribution in [0.25, 0.3) is 10.9 Å². The van der Waals surface area contributed by atoms with E-state index in [2.05, 4.69) is 74.1 Å². The summed E-state index contributed by atoms with van der Waals surface area (Å²) in [5.74, 6) is 1.31. The zero-order chi connectivity index (χ0) is 24.5. The monoisotopic (exact) mass is 467 g/mol. The molecule has 0 radical (unpaired) electrons. The predicted molar refractivity (Wildman–Crippen MR) is 139 cm³/mol. The fraction of sp³-hybridized carbons (Fsp3) is 0.679. The maximum absolute atomic E-state index is 13.7. The van der Waals surface area contributed by atoms with Crippen molar-refractivity contribution in [2.45, 2.75) is 84.7 Å². The van der Waals surface area contributed by atoms with Crippen molar-refractivity contribution in [2.75, 3.05) is 19.8 Å². The minimum Gasteiger partial charge on any atom is -0.784 e. The summed E-state index contributed by atoms with van der Waals surface area (Å²) in [6, 6.07) is 8.65. The Bertz CT molecular complexity index is 968. The van der Waals surface area contributed by atoms with Crippen molar-refractivity contribution in [1.29, 1.82) is 0 Å². The number of fused-ring (bicyclic) bond motifs is 3. The lowest BCUT2D eigenvalue weighted by Gasteiger charge is -2.41. The number of rotatable bonds is 7. The van der Waals surface area contributed by atoms with Gasteiger partial charge in [-0.25, -0.2) is 0 Å². The van der Waals surface area contributed by atoms with Gasteiger partial charge in [-0.2, -0.15) is 0 Å². The first-order valence-electron chi connectivity index (χ1n) is 13.2. The van der Waals surface area contributed by atoms with Gasteiger partial charge in [-0.3, -0.25) is 4.79 Å². The first-order valence-corrected chi connectivity index (χ1v) is 13.2. The van der Waals surface area contributed by atoms with Crippen LogP contribution in [0, 0.1) is 23.0 Å². The molecule has 0 bridgehead atoms. The van der Waals surface area contributed by atoms with Crippen molar-refractivity contribution >= 4 is 16.8 Å². The Labute approximate surface area is 205 Å². The predicted octanol–water partition coefficient (Wildman–Crippen LogP) is 5.59. The molecule has 2 aromatic rings. The zero-order valence-electron chi connectivity index (χ0n) is 21.7. The highest BCUT2D eigenvalue weighted by Crippen LogP contribution is 2.40. The number of hydrogen-bond donors (Lipinski definition) is 2. The summed E-state index contributed by atoms with van der Waals surface area (Å²) in [6.45, 7) is 12.4. The number of H-pyrrole nitrogens is 1. The third-order valence-corrected chi connectivity index (χ3v) is 7.58. The van der Waals surface area contributed by atoms with E-state index >= 15 is 0 Å². The highest BCUT2D eigenvalue weighted by Gasteiger charge is 2.37. The van der Waals surface area contributed by atoms with Crippen LogP contribution in [0.4, 0.5) is 0 Å². The van der Waals surface area contributed by atoms with Crippen LogP contribution in [0.1, 0.15) is 84.0 Å². The van der Waals surface area contributed by atoms with Crippen molar-refractivity contribution in [1.82, 2.24) is 20.3 Å². The quantitative estimate of drug-likeness (QED) is 0.411. The third-order valence-electron chi connectivity index (χ3n) is 7.58. The summed E-state index contributed by atoms with van der Waals surface area (Å²) in [5.41, 5.74) is 3.77. The fourth-order valence-electron chi connectivity index (χ4n) is 5.78. The Morgan fingerprint density at radius 1 is 1.21 bits per heavy atom. The van der Waals surface area contributed by atoms with Crippen LogP contribution < -0.4 is 5.32 Å². The van der Waals surface area contributed by atoms with Crippen LogP contribution in [0.15, 0.2) is 24.3 Å². The van der Waals surface area contributed by atoms with E-state index in [-0.39, 0.29) is 17.5 Å². The minimum absolute atomic E-state index is 0.0570. The van der Waals surface area contributed by atoms with E-state index < -0.39 is 0 Å². The average molecular weight is 468 g/mol. The first-order chi connectivity index (χ1) is 16.1. The van der Waals surface area contributed by atoms with Crippen LogP contribution >= 0.6 is 0 Å². The number of hydroxylamine groups is 2. The second kappa shape index (κ2) is 10.4. The Kier molecular flexibility index (Phi) is 7.70. The van der Waals surface area contributed by atoms with E-state index in [1.54, 1.807) is 0 Å². The van der Waals surface area contributed by atoms with Crippen LogP contribution in [-0.4, -0.2) is 46.2 Å². The summed E-state index contributed by atoms with van der Waals surface area (Å²) in [4.78, 5) is 19.6. The van der Waals surface area contributed by atoms with Crippen molar-refractivity contribution in [3.63, 3.8) is 0 Å². The minimum atomic E-state index is -0.0570.